The van der Waals surface area contributed by atoms with Crippen molar-refractivity contribution in [1.82, 2.24) is 4.98 Å². The van der Waals surface area contributed by atoms with Crippen molar-refractivity contribution in [3.63, 3.8) is 0 Å². The summed E-state index contributed by atoms with van der Waals surface area (Å²) in [6.45, 7) is 5.03. The minimum atomic E-state index is -0.0490. The molecule has 20 heavy (non-hydrogen) atoms. The fourth-order valence-corrected chi connectivity index (χ4v) is 2.70. The molecule has 3 N–H and O–H groups in total. The number of hydrogen-bond donors (Lipinski definition) is 2. The second-order valence-corrected chi connectivity index (χ2v) is 5.71. The van der Waals surface area contributed by atoms with E-state index in [0.717, 1.165) is 16.0 Å². The predicted molar refractivity (Wildman–Crippen MR) is 82.3 cm³/mol. The van der Waals surface area contributed by atoms with Crippen LogP contribution in [0.5, 0.6) is 5.75 Å². The van der Waals surface area contributed by atoms with Crippen molar-refractivity contribution in [3.8, 4) is 5.75 Å². The Morgan fingerprint density at radius 1 is 1.55 bits per heavy atom. The predicted octanol–water partition coefficient (Wildman–Crippen LogP) is 2.62. The lowest BCUT2D eigenvalue weighted by molar-refractivity contribution is -0.116. The topological polar surface area (TPSA) is 77.2 Å². The lowest BCUT2D eigenvalue weighted by Gasteiger charge is -2.06. The van der Waals surface area contributed by atoms with Crippen molar-refractivity contribution < 1.29 is 9.53 Å². The van der Waals surface area contributed by atoms with Crippen LogP contribution >= 0.6 is 11.3 Å². The van der Waals surface area contributed by atoms with Gasteiger partial charge in [-0.25, -0.2) is 4.98 Å². The van der Waals surface area contributed by atoms with Gasteiger partial charge in [0.1, 0.15) is 5.75 Å². The number of thiazole rings is 1. The highest BCUT2D eigenvalue weighted by Crippen LogP contribution is 2.29. The van der Waals surface area contributed by atoms with Crippen LogP contribution in [-0.2, 0) is 4.79 Å². The molecule has 0 saturated carbocycles. The van der Waals surface area contributed by atoms with E-state index in [1.807, 2.05) is 32.0 Å². The third-order valence-corrected chi connectivity index (χ3v) is 3.79. The molecule has 1 amide bonds. The van der Waals surface area contributed by atoms with Gasteiger partial charge in [-0.15, -0.1) is 0 Å². The second-order valence-electron chi connectivity index (χ2n) is 4.67. The molecular weight excluding hydrogens is 274 g/mol. The molecule has 1 atom stereocenters. The van der Waals surface area contributed by atoms with Gasteiger partial charge in [0, 0.05) is 6.42 Å². The maximum absolute atomic E-state index is 11.8. The molecule has 1 unspecified atom stereocenters. The summed E-state index contributed by atoms with van der Waals surface area (Å²) >= 11 is 1.45. The molecule has 6 heteroatoms. The van der Waals surface area contributed by atoms with Crippen molar-refractivity contribution in [2.45, 2.75) is 20.3 Å². The maximum atomic E-state index is 11.8. The van der Waals surface area contributed by atoms with Crippen LogP contribution in [0.1, 0.15) is 20.3 Å². The summed E-state index contributed by atoms with van der Waals surface area (Å²) in [5.41, 5.74) is 6.37. The minimum absolute atomic E-state index is 0.0490. The minimum Gasteiger partial charge on any atom is -0.494 e. The van der Waals surface area contributed by atoms with E-state index in [1.54, 1.807) is 0 Å². The summed E-state index contributed by atoms with van der Waals surface area (Å²) in [5.74, 6) is 0.944. The van der Waals surface area contributed by atoms with E-state index in [9.17, 15) is 4.79 Å². The number of amides is 1. The van der Waals surface area contributed by atoms with Crippen LogP contribution in [0.2, 0.25) is 0 Å². The van der Waals surface area contributed by atoms with Crippen molar-refractivity contribution in [2.75, 3.05) is 18.5 Å². The first-order chi connectivity index (χ1) is 9.62. The summed E-state index contributed by atoms with van der Waals surface area (Å²) < 4.78 is 6.45. The number of nitrogens with one attached hydrogen (secondary N) is 1. The largest absolute Gasteiger partial charge is 0.494 e. The average Bonchev–Trinajstić information content (AvgIpc) is 2.80. The van der Waals surface area contributed by atoms with Gasteiger partial charge in [-0.2, -0.15) is 0 Å². The van der Waals surface area contributed by atoms with Gasteiger partial charge in [0.05, 0.1) is 16.8 Å². The number of nitrogens with zero attached hydrogens (tertiary/aromatic N) is 1. The highest BCUT2D eigenvalue weighted by Gasteiger charge is 2.11. The van der Waals surface area contributed by atoms with Crippen LogP contribution in [0.25, 0.3) is 10.2 Å². The van der Waals surface area contributed by atoms with E-state index >= 15 is 0 Å². The van der Waals surface area contributed by atoms with Crippen molar-refractivity contribution in [3.05, 3.63) is 18.2 Å². The summed E-state index contributed by atoms with van der Waals surface area (Å²) in [7, 11) is 0. The molecule has 2 rings (SSSR count). The first-order valence-corrected chi connectivity index (χ1v) is 7.47. The number of hydrogen-bond acceptors (Lipinski definition) is 5. The van der Waals surface area contributed by atoms with Crippen LogP contribution in [-0.4, -0.2) is 24.0 Å². The maximum Gasteiger partial charge on any atom is 0.226 e. The van der Waals surface area contributed by atoms with E-state index in [-0.39, 0.29) is 11.8 Å². The quantitative estimate of drug-likeness (QED) is 0.858. The molecule has 0 spiro atoms. The van der Waals surface area contributed by atoms with E-state index in [2.05, 4.69) is 10.3 Å². The average molecular weight is 293 g/mol. The van der Waals surface area contributed by atoms with Gasteiger partial charge >= 0.3 is 0 Å². The molecule has 5 nitrogen and oxygen atoms in total. The summed E-state index contributed by atoms with van der Waals surface area (Å²) in [6.07, 6.45) is 0.413. The molecule has 1 heterocycles. The number of carbonyl (C=O) groups excluding carboxylic acids is 1. The van der Waals surface area contributed by atoms with Crippen molar-refractivity contribution in [1.29, 1.82) is 0 Å². The molecule has 1 aromatic heterocycles. The number of benzene rings is 1. The lowest BCUT2D eigenvalue weighted by atomic mass is 10.1. The standard InChI is InChI=1S/C14H19N3O2S/c1-3-19-10-4-5-11-12(7-10)20-14(16-11)17-13(18)6-9(2)8-15/h4-5,7,9H,3,6,8,15H2,1-2H3,(H,16,17,18). The number of anilines is 1. The zero-order chi connectivity index (χ0) is 14.5. The van der Waals surface area contributed by atoms with Gasteiger partial charge in [-0.1, -0.05) is 18.3 Å². The first-order valence-electron chi connectivity index (χ1n) is 6.65. The summed E-state index contributed by atoms with van der Waals surface area (Å²) in [4.78, 5) is 16.2. The van der Waals surface area contributed by atoms with Gasteiger partial charge in [0.25, 0.3) is 0 Å². The molecule has 0 aliphatic carbocycles. The molecule has 2 aromatic rings. The Labute approximate surface area is 122 Å². The Morgan fingerprint density at radius 3 is 3.05 bits per heavy atom. The van der Waals surface area contributed by atoms with E-state index in [1.165, 1.54) is 11.3 Å². The Hall–Kier alpha value is -1.66. The highest BCUT2D eigenvalue weighted by atomic mass is 32.1. The molecule has 0 radical (unpaired) electrons. The molecule has 0 bridgehead atoms. The zero-order valence-electron chi connectivity index (χ0n) is 11.7. The van der Waals surface area contributed by atoms with Crippen LogP contribution in [0, 0.1) is 5.92 Å². The smallest absolute Gasteiger partial charge is 0.226 e. The Kier molecular flexibility index (Phi) is 4.92. The SMILES string of the molecule is CCOc1ccc2nc(NC(=O)CC(C)CN)sc2c1. The zero-order valence-corrected chi connectivity index (χ0v) is 12.5. The number of rotatable bonds is 6. The number of fused-ring (bicyclic) bond motifs is 1. The normalized spacial score (nSPS) is 12.3. The van der Waals surface area contributed by atoms with Gasteiger partial charge in [-0.05, 0) is 37.6 Å². The first kappa shape index (κ1) is 14.7. The second kappa shape index (κ2) is 6.67. The van der Waals surface area contributed by atoms with Gasteiger partial charge < -0.3 is 15.8 Å². The number of nitrogens with two attached hydrogens (primary N) is 1. The molecule has 0 aliphatic rings. The van der Waals surface area contributed by atoms with E-state index in [0.29, 0.717) is 24.7 Å². The van der Waals surface area contributed by atoms with Crippen LogP contribution in [0.3, 0.4) is 0 Å². The van der Waals surface area contributed by atoms with Crippen LogP contribution < -0.4 is 15.8 Å². The molecule has 108 valence electrons. The molecule has 0 saturated heterocycles. The molecule has 0 aliphatic heterocycles. The Bertz CT molecular complexity index is 597. The summed E-state index contributed by atoms with van der Waals surface area (Å²) in [5, 5.41) is 3.43. The van der Waals surface area contributed by atoms with E-state index in [4.69, 9.17) is 10.5 Å². The van der Waals surface area contributed by atoms with Crippen molar-refractivity contribution >= 4 is 32.6 Å². The van der Waals surface area contributed by atoms with E-state index < -0.39 is 0 Å². The Balaban J connectivity index is 2.09. The highest BCUT2D eigenvalue weighted by molar-refractivity contribution is 7.22. The Morgan fingerprint density at radius 2 is 2.35 bits per heavy atom. The number of aromatic nitrogens is 1. The monoisotopic (exact) mass is 293 g/mol. The molecule has 1 aromatic carbocycles. The van der Waals surface area contributed by atoms with Gasteiger partial charge in [0.2, 0.25) is 5.91 Å². The number of carbonyl (C=O) groups is 1. The lowest BCUT2D eigenvalue weighted by Crippen LogP contribution is -2.19. The third-order valence-electron chi connectivity index (χ3n) is 2.85. The third kappa shape index (κ3) is 3.68. The van der Waals surface area contributed by atoms with Gasteiger partial charge in [-0.3, -0.25) is 4.79 Å². The van der Waals surface area contributed by atoms with Gasteiger partial charge in [0.15, 0.2) is 5.13 Å². The van der Waals surface area contributed by atoms with Crippen LogP contribution in [0.4, 0.5) is 5.13 Å². The fourth-order valence-electron chi connectivity index (χ4n) is 1.78. The fraction of sp³-hybridized carbons (Fsp3) is 0.429. The van der Waals surface area contributed by atoms with Crippen molar-refractivity contribution in [2.24, 2.45) is 11.7 Å². The summed E-state index contributed by atoms with van der Waals surface area (Å²) in [6, 6.07) is 5.72. The van der Waals surface area contributed by atoms with Crippen LogP contribution in [0.15, 0.2) is 18.2 Å². The molecule has 0 fully saturated rings. The number of ether oxygens (including phenoxy) is 1. The molecular formula is C14H19N3O2S.